The molecule has 1 aliphatic heterocycles. The van der Waals surface area contributed by atoms with Crippen molar-refractivity contribution in [3.05, 3.63) is 75.2 Å². The van der Waals surface area contributed by atoms with Crippen molar-refractivity contribution in [2.75, 3.05) is 33.1 Å². The topological polar surface area (TPSA) is 93.1 Å². The summed E-state index contributed by atoms with van der Waals surface area (Å²) in [5.41, 5.74) is 1.81. The summed E-state index contributed by atoms with van der Waals surface area (Å²) in [6.45, 7) is 0.747. The Morgan fingerprint density at radius 1 is 1.15 bits per heavy atom. The average Bonchev–Trinajstić information content (AvgIpc) is 2.84. The SMILES string of the molecule is COC(=O)C(c1ccccc1Cl)N1CCC(SCC(=O)c2cccc(OC)c2)=C(CC(=O)O)C1. The van der Waals surface area contributed by atoms with Crippen molar-refractivity contribution in [3.63, 3.8) is 0 Å². The van der Waals surface area contributed by atoms with Crippen LogP contribution in [0.2, 0.25) is 5.02 Å². The Labute approximate surface area is 207 Å². The van der Waals surface area contributed by atoms with Gasteiger partial charge in [0.2, 0.25) is 0 Å². The predicted octanol–water partition coefficient (Wildman–Crippen LogP) is 4.61. The first-order valence-electron chi connectivity index (χ1n) is 10.6. The predicted molar refractivity (Wildman–Crippen MR) is 131 cm³/mol. The maximum Gasteiger partial charge on any atom is 0.327 e. The minimum Gasteiger partial charge on any atom is -0.497 e. The molecular formula is C25H26ClNO6S. The Hall–Kier alpha value is -2.81. The zero-order valence-electron chi connectivity index (χ0n) is 19.0. The van der Waals surface area contributed by atoms with E-state index in [1.54, 1.807) is 55.6 Å². The van der Waals surface area contributed by atoms with E-state index in [4.69, 9.17) is 21.1 Å². The van der Waals surface area contributed by atoms with Crippen molar-refractivity contribution in [1.82, 2.24) is 4.90 Å². The van der Waals surface area contributed by atoms with Crippen molar-refractivity contribution in [2.24, 2.45) is 0 Å². The van der Waals surface area contributed by atoms with Crippen molar-refractivity contribution in [1.29, 1.82) is 0 Å². The van der Waals surface area contributed by atoms with E-state index >= 15 is 0 Å². The van der Waals surface area contributed by atoms with Crippen LogP contribution in [0.5, 0.6) is 5.75 Å². The first kappa shape index (κ1) is 25.8. The van der Waals surface area contributed by atoms with Crippen LogP contribution < -0.4 is 4.74 Å². The fraction of sp³-hybridized carbons (Fsp3) is 0.320. The zero-order chi connectivity index (χ0) is 24.7. The van der Waals surface area contributed by atoms with E-state index in [1.807, 2.05) is 4.90 Å². The number of nitrogens with zero attached hydrogens (tertiary/aromatic N) is 1. The summed E-state index contributed by atoms with van der Waals surface area (Å²) in [6.07, 6.45) is 0.333. The summed E-state index contributed by atoms with van der Waals surface area (Å²) in [5.74, 6) is -0.731. The van der Waals surface area contributed by atoms with Crippen LogP contribution in [0.4, 0.5) is 0 Å². The molecule has 0 fully saturated rings. The fourth-order valence-electron chi connectivity index (χ4n) is 3.88. The maximum absolute atomic E-state index is 12.7. The van der Waals surface area contributed by atoms with Crippen molar-refractivity contribution in [3.8, 4) is 5.75 Å². The number of ketones is 1. The average molecular weight is 504 g/mol. The third-order valence-electron chi connectivity index (χ3n) is 5.54. The van der Waals surface area contributed by atoms with Gasteiger partial charge in [-0.15, -0.1) is 11.8 Å². The minimum atomic E-state index is -0.971. The summed E-state index contributed by atoms with van der Waals surface area (Å²) in [6, 6.07) is 13.2. The second-order valence-corrected chi connectivity index (χ2v) is 9.19. The number of hydrogen-bond donors (Lipinski definition) is 1. The smallest absolute Gasteiger partial charge is 0.327 e. The minimum absolute atomic E-state index is 0.0722. The van der Waals surface area contributed by atoms with Gasteiger partial charge in [-0.3, -0.25) is 14.5 Å². The van der Waals surface area contributed by atoms with Gasteiger partial charge < -0.3 is 14.6 Å². The van der Waals surface area contributed by atoms with Gasteiger partial charge in [-0.25, -0.2) is 4.79 Å². The number of carbonyl (C=O) groups is 3. The van der Waals surface area contributed by atoms with Gasteiger partial charge in [-0.1, -0.05) is 41.9 Å². The molecule has 180 valence electrons. The highest BCUT2D eigenvalue weighted by Gasteiger charge is 2.34. The molecule has 0 radical (unpaired) electrons. The van der Waals surface area contributed by atoms with Crippen LogP contribution in [0.15, 0.2) is 59.0 Å². The molecular weight excluding hydrogens is 478 g/mol. The van der Waals surface area contributed by atoms with E-state index in [2.05, 4.69) is 0 Å². The quantitative estimate of drug-likeness (QED) is 0.371. The molecule has 1 heterocycles. The molecule has 0 spiro atoms. The van der Waals surface area contributed by atoms with E-state index in [0.29, 0.717) is 40.4 Å². The molecule has 0 saturated heterocycles. The van der Waals surface area contributed by atoms with E-state index in [9.17, 15) is 19.5 Å². The molecule has 1 atom stereocenters. The summed E-state index contributed by atoms with van der Waals surface area (Å²) >= 11 is 7.71. The Balaban J connectivity index is 1.81. The molecule has 1 aliphatic rings. The van der Waals surface area contributed by atoms with Gasteiger partial charge >= 0.3 is 11.9 Å². The summed E-state index contributed by atoms with van der Waals surface area (Å²) in [4.78, 5) is 39.7. The second-order valence-electron chi connectivity index (χ2n) is 7.71. The molecule has 34 heavy (non-hydrogen) atoms. The number of carboxylic acids is 1. The first-order chi connectivity index (χ1) is 16.3. The molecule has 9 heteroatoms. The largest absolute Gasteiger partial charge is 0.497 e. The van der Waals surface area contributed by atoms with Gasteiger partial charge in [0, 0.05) is 23.7 Å². The molecule has 2 aromatic carbocycles. The van der Waals surface area contributed by atoms with Crippen LogP contribution in [0.3, 0.4) is 0 Å². The van der Waals surface area contributed by atoms with Gasteiger partial charge in [0.25, 0.3) is 0 Å². The number of aliphatic carboxylic acids is 1. The van der Waals surface area contributed by atoms with Crippen LogP contribution in [-0.4, -0.2) is 60.8 Å². The van der Waals surface area contributed by atoms with Gasteiger partial charge in [-0.2, -0.15) is 0 Å². The lowest BCUT2D eigenvalue weighted by molar-refractivity contribution is -0.147. The van der Waals surface area contributed by atoms with Crippen LogP contribution in [-0.2, 0) is 14.3 Å². The monoisotopic (exact) mass is 503 g/mol. The molecule has 7 nitrogen and oxygen atoms in total. The highest BCUT2D eigenvalue weighted by Crippen LogP contribution is 2.36. The standard InChI is InChI=1S/C25H26ClNO6S/c1-32-18-7-5-6-16(12-18)21(28)15-34-22-10-11-27(14-17(22)13-23(29)30)24(25(31)33-2)19-8-3-4-9-20(19)26/h3-9,12,24H,10-11,13-15H2,1-2H3,(H,29,30). The van der Waals surface area contributed by atoms with Gasteiger partial charge in [-0.05, 0) is 40.7 Å². The van der Waals surface area contributed by atoms with Crippen LogP contribution >= 0.6 is 23.4 Å². The number of Topliss-reactive ketones (excluding diaryl/α,β-unsaturated/α-hetero) is 1. The molecule has 1 N–H and O–H groups in total. The van der Waals surface area contributed by atoms with Gasteiger partial charge in [0.1, 0.15) is 11.8 Å². The van der Waals surface area contributed by atoms with E-state index in [-0.39, 0.29) is 24.5 Å². The number of esters is 1. The lowest BCUT2D eigenvalue weighted by Gasteiger charge is -2.35. The third-order valence-corrected chi connectivity index (χ3v) is 7.13. The van der Waals surface area contributed by atoms with E-state index in [1.165, 1.54) is 18.9 Å². The zero-order valence-corrected chi connectivity index (χ0v) is 20.5. The Morgan fingerprint density at radius 3 is 2.59 bits per heavy atom. The molecule has 3 rings (SSSR count). The molecule has 0 aliphatic carbocycles. The number of carboxylic acid groups (broad SMARTS) is 1. The highest BCUT2D eigenvalue weighted by atomic mass is 35.5. The Bertz CT molecular complexity index is 1100. The number of carbonyl (C=O) groups excluding carboxylic acids is 2. The molecule has 2 aromatic rings. The fourth-order valence-corrected chi connectivity index (χ4v) is 5.17. The summed E-state index contributed by atoms with van der Waals surface area (Å²) in [7, 11) is 2.86. The summed E-state index contributed by atoms with van der Waals surface area (Å²) in [5, 5.41) is 9.92. The molecule has 0 aromatic heterocycles. The first-order valence-corrected chi connectivity index (χ1v) is 12.0. The lowest BCUT2D eigenvalue weighted by atomic mass is 10.00. The van der Waals surface area contributed by atoms with Crippen molar-refractivity contribution < 1.29 is 29.0 Å². The van der Waals surface area contributed by atoms with Gasteiger partial charge in [0.15, 0.2) is 5.78 Å². The Morgan fingerprint density at radius 2 is 1.91 bits per heavy atom. The van der Waals surface area contributed by atoms with Gasteiger partial charge in [0.05, 0.1) is 26.4 Å². The lowest BCUT2D eigenvalue weighted by Crippen LogP contribution is -2.40. The number of rotatable bonds is 10. The Kier molecular flexibility index (Phi) is 9.15. The van der Waals surface area contributed by atoms with Crippen molar-refractivity contribution in [2.45, 2.75) is 18.9 Å². The number of hydrogen-bond acceptors (Lipinski definition) is 7. The second kappa shape index (κ2) is 12.1. The molecule has 1 unspecified atom stereocenters. The number of methoxy groups -OCH3 is 2. The molecule has 0 saturated carbocycles. The maximum atomic E-state index is 12.7. The third kappa shape index (κ3) is 6.40. The molecule has 0 bridgehead atoms. The van der Waals surface area contributed by atoms with Crippen LogP contribution in [0.25, 0.3) is 0 Å². The van der Waals surface area contributed by atoms with Crippen LogP contribution in [0.1, 0.15) is 34.8 Å². The van der Waals surface area contributed by atoms with Crippen LogP contribution in [0, 0.1) is 0 Å². The number of ether oxygens (including phenoxy) is 2. The van der Waals surface area contributed by atoms with E-state index < -0.39 is 18.0 Å². The van der Waals surface area contributed by atoms with E-state index in [0.717, 1.165) is 4.91 Å². The summed E-state index contributed by atoms with van der Waals surface area (Å²) < 4.78 is 10.2. The van der Waals surface area contributed by atoms with Crippen molar-refractivity contribution >= 4 is 41.1 Å². The number of benzene rings is 2. The molecule has 0 amide bonds. The number of thioether (sulfide) groups is 1. The normalized spacial score (nSPS) is 15.0. The number of halogens is 1. The highest BCUT2D eigenvalue weighted by molar-refractivity contribution is 8.03.